The van der Waals surface area contributed by atoms with Gasteiger partial charge in [-0.1, -0.05) is 15.9 Å². The summed E-state index contributed by atoms with van der Waals surface area (Å²) in [4.78, 5) is 40.0. The zero-order valence-electron chi connectivity index (χ0n) is 15.3. The van der Waals surface area contributed by atoms with Crippen molar-refractivity contribution < 1.29 is 19.1 Å². The number of rotatable bonds is 4. The van der Waals surface area contributed by atoms with Gasteiger partial charge in [0.05, 0.1) is 12.5 Å². The number of anilines is 1. The van der Waals surface area contributed by atoms with E-state index in [1.54, 1.807) is 16.7 Å². The van der Waals surface area contributed by atoms with Gasteiger partial charge in [0.25, 0.3) is 0 Å². The highest BCUT2D eigenvalue weighted by atomic mass is 79.9. The van der Waals surface area contributed by atoms with Gasteiger partial charge in [0.15, 0.2) is 0 Å². The molecular formula is C19H24BrN3O4. The standard InChI is InChI=1S/C19H24BrN3O4/c1-2-27-19(26)22-9-7-15(8-10-22)21-18(25)13-11-17(24)23(12-13)16-5-3-14(20)4-6-16/h3-6,13,15H,2,7-12H2,1H3,(H,21,25)/t13-/m1/s1. The Kier molecular flexibility index (Phi) is 6.36. The summed E-state index contributed by atoms with van der Waals surface area (Å²) in [6, 6.07) is 7.53. The molecule has 2 fully saturated rings. The van der Waals surface area contributed by atoms with E-state index in [1.165, 1.54) is 0 Å². The third-order valence-corrected chi connectivity index (χ3v) is 5.53. The van der Waals surface area contributed by atoms with Crippen molar-refractivity contribution in [3.05, 3.63) is 28.7 Å². The first-order chi connectivity index (χ1) is 13.0. The zero-order valence-corrected chi connectivity index (χ0v) is 16.9. The van der Waals surface area contributed by atoms with Crippen LogP contribution in [0.3, 0.4) is 0 Å². The van der Waals surface area contributed by atoms with Crippen LogP contribution in [0.2, 0.25) is 0 Å². The van der Waals surface area contributed by atoms with Crippen LogP contribution in [0.5, 0.6) is 0 Å². The van der Waals surface area contributed by atoms with E-state index >= 15 is 0 Å². The highest BCUT2D eigenvalue weighted by Gasteiger charge is 2.36. The number of nitrogens with zero attached hydrogens (tertiary/aromatic N) is 2. The summed E-state index contributed by atoms with van der Waals surface area (Å²) in [6.45, 7) is 3.68. The van der Waals surface area contributed by atoms with E-state index in [9.17, 15) is 14.4 Å². The Morgan fingerprint density at radius 2 is 1.89 bits per heavy atom. The van der Waals surface area contributed by atoms with E-state index in [2.05, 4.69) is 21.2 Å². The van der Waals surface area contributed by atoms with E-state index in [0.29, 0.717) is 39.1 Å². The molecule has 0 aliphatic carbocycles. The molecule has 0 spiro atoms. The Morgan fingerprint density at radius 1 is 1.22 bits per heavy atom. The molecular weight excluding hydrogens is 414 g/mol. The zero-order chi connectivity index (χ0) is 19.4. The van der Waals surface area contributed by atoms with E-state index in [1.807, 2.05) is 24.3 Å². The quantitative estimate of drug-likeness (QED) is 0.784. The number of benzene rings is 1. The van der Waals surface area contributed by atoms with Gasteiger partial charge < -0.3 is 19.9 Å². The summed E-state index contributed by atoms with van der Waals surface area (Å²) in [5.74, 6) is -0.462. The largest absolute Gasteiger partial charge is 0.450 e. The molecule has 0 radical (unpaired) electrons. The molecule has 0 unspecified atom stereocenters. The predicted molar refractivity (Wildman–Crippen MR) is 104 cm³/mol. The molecule has 146 valence electrons. The van der Waals surface area contributed by atoms with Crippen molar-refractivity contribution in [2.75, 3.05) is 31.1 Å². The number of nitrogens with one attached hydrogen (secondary N) is 1. The van der Waals surface area contributed by atoms with Crippen LogP contribution in [-0.2, 0) is 14.3 Å². The SMILES string of the molecule is CCOC(=O)N1CCC(NC(=O)[C@@H]2CC(=O)N(c3ccc(Br)cc3)C2)CC1. The maximum absolute atomic E-state index is 12.6. The number of piperidine rings is 1. The summed E-state index contributed by atoms with van der Waals surface area (Å²) >= 11 is 3.38. The molecule has 27 heavy (non-hydrogen) atoms. The van der Waals surface area contributed by atoms with Gasteiger partial charge in [0, 0.05) is 42.3 Å². The first kappa shape index (κ1) is 19.7. The molecule has 3 amide bonds. The molecule has 2 saturated heterocycles. The van der Waals surface area contributed by atoms with E-state index in [4.69, 9.17) is 4.74 Å². The Bertz CT molecular complexity index is 701. The van der Waals surface area contributed by atoms with Gasteiger partial charge in [0.2, 0.25) is 11.8 Å². The highest BCUT2D eigenvalue weighted by molar-refractivity contribution is 9.10. The number of likely N-dealkylation sites (tertiary alicyclic amines) is 1. The topological polar surface area (TPSA) is 79.0 Å². The highest BCUT2D eigenvalue weighted by Crippen LogP contribution is 2.27. The third-order valence-electron chi connectivity index (χ3n) is 5.00. The van der Waals surface area contributed by atoms with Crippen LogP contribution in [0.15, 0.2) is 28.7 Å². The van der Waals surface area contributed by atoms with Gasteiger partial charge >= 0.3 is 6.09 Å². The molecule has 2 aliphatic heterocycles. The number of hydrogen-bond acceptors (Lipinski definition) is 4. The van der Waals surface area contributed by atoms with Crippen LogP contribution in [0.1, 0.15) is 26.2 Å². The van der Waals surface area contributed by atoms with Gasteiger partial charge in [-0.15, -0.1) is 0 Å². The summed E-state index contributed by atoms with van der Waals surface area (Å²) < 4.78 is 5.95. The number of amides is 3. The normalized spacial score (nSPS) is 20.7. The van der Waals surface area contributed by atoms with Crippen molar-refractivity contribution >= 4 is 39.5 Å². The minimum Gasteiger partial charge on any atom is -0.450 e. The molecule has 1 atom stereocenters. The lowest BCUT2D eigenvalue weighted by Gasteiger charge is -2.32. The van der Waals surface area contributed by atoms with Crippen molar-refractivity contribution in [3.63, 3.8) is 0 Å². The van der Waals surface area contributed by atoms with Crippen LogP contribution >= 0.6 is 15.9 Å². The molecule has 8 heteroatoms. The van der Waals surface area contributed by atoms with Gasteiger partial charge in [-0.3, -0.25) is 9.59 Å². The second-order valence-electron chi connectivity index (χ2n) is 6.85. The van der Waals surface area contributed by atoms with Crippen LogP contribution in [0, 0.1) is 5.92 Å². The van der Waals surface area contributed by atoms with Crippen molar-refractivity contribution in [2.24, 2.45) is 5.92 Å². The summed E-state index contributed by atoms with van der Waals surface area (Å²) in [5, 5.41) is 3.05. The molecule has 0 aromatic heterocycles. The molecule has 3 rings (SSSR count). The fourth-order valence-corrected chi connectivity index (χ4v) is 3.76. The van der Waals surface area contributed by atoms with Crippen LogP contribution in [0.4, 0.5) is 10.5 Å². The molecule has 0 bridgehead atoms. The smallest absolute Gasteiger partial charge is 0.409 e. The van der Waals surface area contributed by atoms with Crippen LogP contribution in [-0.4, -0.2) is 55.1 Å². The second kappa shape index (κ2) is 8.73. The third kappa shape index (κ3) is 4.80. The van der Waals surface area contributed by atoms with Gasteiger partial charge in [0.1, 0.15) is 0 Å². The maximum atomic E-state index is 12.6. The van der Waals surface area contributed by atoms with E-state index < -0.39 is 0 Å². The first-order valence-corrected chi connectivity index (χ1v) is 10.0. The van der Waals surface area contributed by atoms with Crippen molar-refractivity contribution in [2.45, 2.75) is 32.2 Å². The Hall–Kier alpha value is -2.09. The van der Waals surface area contributed by atoms with Crippen LogP contribution in [0.25, 0.3) is 0 Å². The minimum absolute atomic E-state index is 0.0278. The van der Waals surface area contributed by atoms with Crippen molar-refractivity contribution in [1.82, 2.24) is 10.2 Å². The predicted octanol–water partition coefficient (Wildman–Crippen LogP) is 2.54. The number of hydrogen-bond donors (Lipinski definition) is 1. The number of carbonyl (C=O) groups is 3. The molecule has 0 saturated carbocycles. The van der Waals surface area contributed by atoms with Crippen LogP contribution < -0.4 is 10.2 Å². The van der Waals surface area contributed by atoms with Crippen molar-refractivity contribution in [1.29, 1.82) is 0 Å². The van der Waals surface area contributed by atoms with Crippen molar-refractivity contribution in [3.8, 4) is 0 Å². The number of carbonyl (C=O) groups excluding carboxylic acids is 3. The molecule has 2 heterocycles. The minimum atomic E-state index is -0.343. The lowest BCUT2D eigenvalue weighted by molar-refractivity contribution is -0.127. The Balaban J connectivity index is 1.50. The maximum Gasteiger partial charge on any atom is 0.409 e. The van der Waals surface area contributed by atoms with E-state index in [0.717, 1.165) is 10.2 Å². The average molecular weight is 438 g/mol. The molecule has 1 aromatic rings. The lowest BCUT2D eigenvalue weighted by atomic mass is 10.0. The van der Waals surface area contributed by atoms with Gasteiger partial charge in [-0.05, 0) is 44.0 Å². The van der Waals surface area contributed by atoms with Gasteiger partial charge in [-0.25, -0.2) is 4.79 Å². The summed E-state index contributed by atoms with van der Waals surface area (Å²) in [5.41, 5.74) is 0.807. The first-order valence-electron chi connectivity index (χ1n) is 9.26. The van der Waals surface area contributed by atoms with E-state index in [-0.39, 0.29) is 36.3 Å². The second-order valence-corrected chi connectivity index (χ2v) is 7.77. The Morgan fingerprint density at radius 3 is 2.52 bits per heavy atom. The fraction of sp³-hybridized carbons (Fsp3) is 0.526. The molecule has 7 nitrogen and oxygen atoms in total. The number of ether oxygens (including phenoxy) is 1. The molecule has 1 N–H and O–H groups in total. The monoisotopic (exact) mass is 437 g/mol. The average Bonchev–Trinajstić information content (AvgIpc) is 3.05. The van der Waals surface area contributed by atoms with Gasteiger partial charge in [-0.2, -0.15) is 0 Å². The fourth-order valence-electron chi connectivity index (χ4n) is 3.49. The molecule has 2 aliphatic rings. The molecule has 1 aromatic carbocycles. The summed E-state index contributed by atoms with van der Waals surface area (Å²) in [7, 11) is 0. The Labute approximate surface area is 167 Å². The lowest BCUT2D eigenvalue weighted by Crippen LogP contribution is -2.48. The summed E-state index contributed by atoms with van der Waals surface area (Å²) in [6.07, 6.45) is 1.32. The number of halogens is 1.